The number of hydrogen-bond acceptors (Lipinski definition) is 4. The highest BCUT2D eigenvalue weighted by atomic mass is 35.5. The molecule has 1 saturated heterocycles. The summed E-state index contributed by atoms with van der Waals surface area (Å²) in [5.41, 5.74) is 1.32. The van der Waals surface area contributed by atoms with Crippen molar-refractivity contribution in [1.82, 2.24) is 29.9 Å². The van der Waals surface area contributed by atoms with Crippen LogP contribution in [-0.4, -0.2) is 48.9 Å². The first kappa shape index (κ1) is 16.8. The van der Waals surface area contributed by atoms with Gasteiger partial charge in [-0.1, -0.05) is 11.6 Å². The second-order valence-electron chi connectivity index (χ2n) is 6.46. The predicted molar refractivity (Wildman–Crippen MR) is 97.6 cm³/mol. The molecule has 8 heteroatoms. The Morgan fingerprint density at radius 3 is 2.77 bits per heavy atom. The lowest BCUT2D eigenvalue weighted by atomic mass is 9.95. The summed E-state index contributed by atoms with van der Waals surface area (Å²) in [6, 6.07) is 7.23. The van der Waals surface area contributed by atoms with E-state index in [4.69, 9.17) is 11.6 Å². The van der Waals surface area contributed by atoms with E-state index in [0.29, 0.717) is 23.7 Å². The maximum Gasteiger partial charge on any atom is 0.255 e. The molecule has 4 rings (SSSR count). The van der Waals surface area contributed by atoms with Gasteiger partial charge in [0.1, 0.15) is 5.82 Å². The maximum atomic E-state index is 13.0. The first-order valence-corrected chi connectivity index (χ1v) is 8.97. The fourth-order valence-corrected chi connectivity index (χ4v) is 3.49. The second kappa shape index (κ2) is 6.92. The van der Waals surface area contributed by atoms with Crippen LogP contribution in [0, 0.1) is 6.92 Å². The molecule has 26 heavy (non-hydrogen) atoms. The van der Waals surface area contributed by atoms with E-state index in [1.165, 1.54) is 0 Å². The van der Waals surface area contributed by atoms with E-state index < -0.39 is 0 Å². The van der Waals surface area contributed by atoms with E-state index in [-0.39, 0.29) is 11.8 Å². The topological polar surface area (TPSA) is 79.7 Å². The molecule has 0 bridgehead atoms. The van der Waals surface area contributed by atoms with Gasteiger partial charge in [0.25, 0.3) is 5.91 Å². The SMILES string of the molecule is Cc1nc(C2CCN(C(=O)c3cc(-n4cccn4)ccc3Cl)CC2)n[nH]1. The first-order valence-electron chi connectivity index (χ1n) is 8.59. The molecule has 1 fully saturated rings. The molecule has 3 aromatic rings. The number of rotatable bonds is 3. The third kappa shape index (κ3) is 3.22. The van der Waals surface area contributed by atoms with Gasteiger partial charge in [-0.05, 0) is 44.0 Å². The van der Waals surface area contributed by atoms with Crippen molar-refractivity contribution in [2.24, 2.45) is 0 Å². The van der Waals surface area contributed by atoms with Crippen molar-refractivity contribution in [1.29, 1.82) is 0 Å². The normalized spacial score (nSPS) is 15.4. The number of nitrogens with zero attached hydrogens (tertiary/aromatic N) is 5. The van der Waals surface area contributed by atoms with E-state index in [1.807, 2.05) is 30.2 Å². The Morgan fingerprint density at radius 1 is 1.31 bits per heavy atom. The van der Waals surface area contributed by atoms with Crippen molar-refractivity contribution in [3.63, 3.8) is 0 Å². The van der Waals surface area contributed by atoms with Crippen LogP contribution in [0.1, 0.15) is 40.8 Å². The molecule has 0 aliphatic carbocycles. The van der Waals surface area contributed by atoms with E-state index in [1.54, 1.807) is 23.0 Å². The Hall–Kier alpha value is -2.67. The van der Waals surface area contributed by atoms with E-state index >= 15 is 0 Å². The van der Waals surface area contributed by atoms with Crippen molar-refractivity contribution in [3.05, 3.63) is 58.9 Å². The number of nitrogens with one attached hydrogen (secondary N) is 1. The maximum absolute atomic E-state index is 13.0. The monoisotopic (exact) mass is 370 g/mol. The molecule has 3 heterocycles. The molecular formula is C18H19ClN6O. The highest BCUT2D eigenvalue weighted by Crippen LogP contribution is 2.28. The molecule has 2 aromatic heterocycles. The number of aromatic nitrogens is 5. The number of aromatic amines is 1. The van der Waals surface area contributed by atoms with Gasteiger partial charge in [-0.15, -0.1) is 0 Å². The largest absolute Gasteiger partial charge is 0.339 e. The number of piperidine rings is 1. The lowest BCUT2D eigenvalue weighted by Gasteiger charge is -2.31. The molecule has 0 radical (unpaired) electrons. The van der Waals surface area contributed by atoms with Gasteiger partial charge in [-0.3, -0.25) is 9.89 Å². The van der Waals surface area contributed by atoms with Crippen LogP contribution in [0.2, 0.25) is 5.02 Å². The zero-order chi connectivity index (χ0) is 18.1. The lowest BCUT2D eigenvalue weighted by Crippen LogP contribution is -2.38. The number of hydrogen-bond donors (Lipinski definition) is 1. The quantitative estimate of drug-likeness (QED) is 0.768. The van der Waals surface area contributed by atoms with Gasteiger partial charge in [-0.25, -0.2) is 9.67 Å². The van der Waals surface area contributed by atoms with Gasteiger partial charge in [0.05, 0.1) is 16.3 Å². The molecule has 1 N–H and O–H groups in total. The van der Waals surface area contributed by atoms with Gasteiger partial charge in [-0.2, -0.15) is 10.2 Å². The fraction of sp³-hybridized carbons (Fsp3) is 0.333. The number of carbonyl (C=O) groups is 1. The van der Waals surface area contributed by atoms with E-state index in [2.05, 4.69) is 20.3 Å². The minimum absolute atomic E-state index is 0.0476. The summed E-state index contributed by atoms with van der Waals surface area (Å²) in [5.74, 6) is 1.90. The van der Waals surface area contributed by atoms with Gasteiger partial charge in [0.2, 0.25) is 0 Å². The molecule has 0 spiro atoms. The summed E-state index contributed by atoms with van der Waals surface area (Å²) in [5, 5.41) is 11.8. The van der Waals surface area contributed by atoms with Crippen molar-refractivity contribution in [3.8, 4) is 5.69 Å². The van der Waals surface area contributed by atoms with Crippen LogP contribution in [0.3, 0.4) is 0 Å². The van der Waals surface area contributed by atoms with Crippen molar-refractivity contribution in [2.75, 3.05) is 13.1 Å². The van der Waals surface area contributed by atoms with Crippen LogP contribution < -0.4 is 0 Å². The Kier molecular flexibility index (Phi) is 4.46. The van der Waals surface area contributed by atoms with E-state index in [9.17, 15) is 4.79 Å². The third-order valence-electron chi connectivity index (χ3n) is 4.71. The summed E-state index contributed by atoms with van der Waals surface area (Å²) < 4.78 is 1.71. The van der Waals surface area contributed by atoms with Crippen molar-refractivity contribution in [2.45, 2.75) is 25.7 Å². The molecule has 1 aromatic carbocycles. The number of amides is 1. The predicted octanol–water partition coefficient (Wildman–Crippen LogP) is 2.97. The zero-order valence-electron chi connectivity index (χ0n) is 14.4. The number of likely N-dealkylation sites (tertiary alicyclic amines) is 1. The Balaban J connectivity index is 1.49. The number of halogens is 1. The second-order valence-corrected chi connectivity index (χ2v) is 6.87. The van der Waals surface area contributed by atoms with Crippen LogP contribution in [0.25, 0.3) is 5.69 Å². The summed E-state index contributed by atoms with van der Waals surface area (Å²) >= 11 is 6.30. The molecule has 7 nitrogen and oxygen atoms in total. The molecule has 0 saturated carbocycles. The van der Waals surface area contributed by atoms with Gasteiger partial charge in [0, 0.05) is 31.4 Å². The summed E-state index contributed by atoms with van der Waals surface area (Å²) in [7, 11) is 0. The van der Waals surface area contributed by atoms with Gasteiger partial charge >= 0.3 is 0 Å². The van der Waals surface area contributed by atoms with Crippen LogP contribution in [0.4, 0.5) is 0 Å². The fourth-order valence-electron chi connectivity index (χ4n) is 3.29. The summed E-state index contributed by atoms with van der Waals surface area (Å²) in [4.78, 5) is 19.2. The third-order valence-corrected chi connectivity index (χ3v) is 5.04. The van der Waals surface area contributed by atoms with Crippen LogP contribution in [-0.2, 0) is 0 Å². The minimum atomic E-state index is -0.0476. The molecule has 134 valence electrons. The minimum Gasteiger partial charge on any atom is -0.339 e. The number of carbonyl (C=O) groups excluding carboxylic acids is 1. The lowest BCUT2D eigenvalue weighted by molar-refractivity contribution is 0.0711. The highest BCUT2D eigenvalue weighted by Gasteiger charge is 2.27. The number of aryl methyl sites for hydroxylation is 1. The van der Waals surface area contributed by atoms with Crippen LogP contribution >= 0.6 is 11.6 Å². The molecule has 0 atom stereocenters. The van der Waals surface area contributed by atoms with Crippen LogP contribution in [0.5, 0.6) is 0 Å². The standard InChI is InChI=1S/C18H19ClN6O/c1-12-21-17(23-22-12)13-5-9-24(10-6-13)18(26)15-11-14(3-4-16(15)19)25-8-2-7-20-25/h2-4,7-8,11,13H,5-6,9-10H2,1H3,(H,21,22,23). The number of benzene rings is 1. The Morgan fingerprint density at radius 2 is 2.12 bits per heavy atom. The smallest absolute Gasteiger partial charge is 0.255 e. The first-order chi connectivity index (χ1) is 12.6. The molecule has 1 amide bonds. The zero-order valence-corrected chi connectivity index (χ0v) is 15.1. The highest BCUT2D eigenvalue weighted by molar-refractivity contribution is 6.33. The van der Waals surface area contributed by atoms with Crippen molar-refractivity contribution < 1.29 is 4.79 Å². The molecular weight excluding hydrogens is 352 g/mol. The van der Waals surface area contributed by atoms with Gasteiger partial charge in [0.15, 0.2) is 5.82 Å². The molecule has 1 aliphatic heterocycles. The average Bonchev–Trinajstić information content (AvgIpc) is 3.34. The molecule has 0 unspecified atom stereocenters. The Bertz CT molecular complexity index is 912. The summed E-state index contributed by atoms with van der Waals surface area (Å²) in [6.45, 7) is 3.22. The van der Waals surface area contributed by atoms with E-state index in [0.717, 1.165) is 30.2 Å². The molecule has 1 aliphatic rings. The number of H-pyrrole nitrogens is 1. The Labute approximate surface area is 156 Å². The van der Waals surface area contributed by atoms with Crippen molar-refractivity contribution >= 4 is 17.5 Å². The average molecular weight is 371 g/mol. The van der Waals surface area contributed by atoms with Gasteiger partial charge < -0.3 is 4.90 Å². The van der Waals surface area contributed by atoms with Crippen LogP contribution in [0.15, 0.2) is 36.7 Å². The summed E-state index contributed by atoms with van der Waals surface area (Å²) in [6.07, 6.45) is 5.23.